The third kappa shape index (κ3) is 3.44. The van der Waals surface area contributed by atoms with Gasteiger partial charge in [0.05, 0.1) is 36.7 Å². The van der Waals surface area contributed by atoms with Gasteiger partial charge in [-0.2, -0.15) is 5.26 Å². The molecule has 1 aliphatic rings. The number of hydrazine groups is 1. The first-order chi connectivity index (χ1) is 13.3. The van der Waals surface area contributed by atoms with Gasteiger partial charge in [0.15, 0.2) is 0 Å². The summed E-state index contributed by atoms with van der Waals surface area (Å²) in [5.41, 5.74) is 2.85. The lowest BCUT2D eigenvalue weighted by Gasteiger charge is -2.40. The number of nitriles is 1. The molecule has 2 aromatic carbocycles. The normalized spacial score (nSPS) is 14.9. The summed E-state index contributed by atoms with van der Waals surface area (Å²) in [4.78, 5) is 4.57. The van der Waals surface area contributed by atoms with Crippen LogP contribution in [0.2, 0.25) is 0 Å². The van der Waals surface area contributed by atoms with Crippen molar-refractivity contribution in [3.8, 4) is 11.9 Å². The van der Waals surface area contributed by atoms with Crippen molar-refractivity contribution < 1.29 is 4.74 Å². The molecule has 1 saturated heterocycles. The number of benzene rings is 2. The van der Waals surface area contributed by atoms with E-state index in [1.165, 1.54) is 0 Å². The van der Waals surface area contributed by atoms with E-state index in [1.54, 1.807) is 7.11 Å². The Morgan fingerprint density at radius 3 is 2.63 bits per heavy atom. The van der Waals surface area contributed by atoms with E-state index in [4.69, 9.17) is 4.74 Å². The molecule has 0 aliphatic carbocycles. The first kappa shape index (κ1) is 17.3. The zero-order valence-electron chi connectivity index (χ0n) is 15.4. The van der Waals surface area contributed by atoms with E-state index in [0.717, 1.165) is 54.6 Å². The maximum atomic E-state index is 9.44. The van der Waals surface area contributed by atoms with Crippen molar-refractivity contribution >= 4 is 16.5 Å². The lowest BCUT2D eigenvalue weighted by molar-refractivity contribution is 0.202. The van der Waals surface area contributed by atoms with Gasteiger partial charge in [0, 0.05) is 29.9 Å². The molecule has 27 heavy (non-hydrogen) atoms. The van der Waals surface area contributed by atoms with E-state index in [-0.39, 0.29) is 0 Å². The number of ether oxygens (including phenoxy) is 1. The van der Waals surface area contributed by atoms with Crippen LogP contribution < -0.4 is 9.75 Å². The highest BCUT2D eigenvalue weighted by atomic mass is 16.5. The molecule has 0 saturated carbocycles. The number of aromatic nitrogens is 1. The predicted octanol–water partition coefficient (Wildman–Crippen LogP) is 4.13. The fraction of sp³-hybridized carbons (Fsp3) is 0.273. The molecule has 4 rings (SSSR count). The highest BCUT2D eigenvalue weighted by molar-refractivity contribution is 5.97. The number of methoxy groups -OCH3 is 1. The molecular formula is C22H22N4O. The summed E-state index contributed by atoms with van der Waals surface area (Å²) in [5.74, 6) is 0.639. The summed E-state index contributed by atoms with van der Waals surface area (Å²) in [6.45, 7) is 2.67. The van der Waals surface area contributed by atoms with Crippen molar-refractivity contribution in [2.45, 2.75) is 19.4 Å². The zero-order chi connectivity index (χ0) is 18.6. The van der Waals surface area contributed by atoms with Crippen LogP contribution in [0.4, 0.5) is 5.69 Å². The summed E-state index contributed by atoms with van der Waals surface area (Å²) < 4.78 is 5.26. The molecular weight excluding hydrogens is 336 g/mol. The van der Waals surface area contributed by atoms with Crippen LogP contribution in [0, 0.1) is 11.3 Å². The highest BCUT2D eigenvalue weighted by Crippen LogP contribution is 2.32. The SMILES string of the molecule is COc1cccc(CN2CCCCN2c2ccc(C#N)c3ccccc23)n1. The van der Waals surface area contributed by atoms with Gasteiger partial charge in [-0.15, -0.1) is 0 Å². The number of pyridine rings is 1. The standard InChI is InChI=1S/C22H22N4O/c1-27-22-10-6-7-18(24-22)16-25-13-4-5-14-26(25)21-12-11-17(15-23)19-8-2-3-9-20(19)21/h2-3,6-12H,4-5,13-14,16H2,1H3. The van der Waals surface area contributed by atoms with E-state index in [9.17, 15) is 5.26 Å². The summed E-state index contributed by atoms with van der Waals surface area (Å²) in [7, 11) is 1.64. The maximum Gasteiger partial charge on any atom is 0.213 e. The Balaban J connectivity index is 1.71. The first-order valence-corrected chi connectivity index (χ1v) is 9.24. The van der Waals surface area contributed by atoms with Gasteiger partial charge < -0.3 is 9.75 Å². The maximum absolute atomic E-state index is 9.44. The predicted molar refractivity (Wildman–Crippen MR) is 106 cm³/mol. The summed E-state index contributed by atoms with van der Waals surface area (Å²) in [6.07, 6.45) is 2.31. The Morgan fingerprint density at radius 2 is 1.81 bits per heavy atom. The van der Waals surface area contributed by atoms with Gasteiger partial charge in [-0.05, 0) is 31.0 Å². The van der Waals surface area contributed by atoms with Crippen molar-refractivity contribution in [2.24, 2.45) is 0 Å². The Bertz CT molecular complexity index is 995. The van der Waals surface area contributed by atoms with Crippen molar-refractivity contribution in [3.63, 3.8) is 0 Å². The highest BCUT2D eigenvalue weighted by Gasteiger charge is 2.23. The smallest absolute Gasteiger partial charge is 0.213 e. The van der Waals surface area contributed by atoms with Gasteiger partial charge in [-0.25, -0.2) is 9.99 Å². The Kier molecular flexibility index (Phi) is 4.91. The van der Waals surface area contributed by atoms with Crippen LogP contribution in [-0.2, 0) is 6.54 Å². The number of anilines is 1. The molecule has 1 aliphatic heterocycles. The van der Waals surface area contributed by atoms with Crippen molar-refractivity contribution in [1.82, 2.24) is 9.99 Å². The average Bonchev–Trinajstić information content (AvgIpc) is 2.73. The fourth-order valence-corrected chi connectivity index (χ4v) is 3.71. The van der Waals surface area contributed by atoms with E-state index < -0.39 is 0 Å². The Morgan fingerprint density at radius 1 is 1.00 bits per heavy atom. The number of hydrogen-bond donors (Lipinski definition) is 0. The van der Waals surface area contributed by atoms with Gasteiger partial charge >= 0.3 is 0 Å². The van der Waals surface area contributed by atoms with Crippen LogP contribution in [0.3, 0.4) is 0 Å². The molecule has 0 spiro atoms. The van der Waals surface area contributed by atoms with Gasteiger partial charge in [0.2, 0.25) is 5.88 Å². The van der Waals surface area contributed by atoms with Crippen LogP contribution >= 0.6 is 0 Å². The van der Waals surface area contributed by atoms with Gasteiger partial charge in [-0.1, -0.05) is 30.3 Å². The minimum atomic E-state index is 0.639. The summed E-state index contributed by atoms with van der Waals surface area (Å²) >= 11 is 0. The van der Waals surface area contributed by atoms with E-state index in [0.29, 0.717) is 11.4 Å². The van der Waals surface area contributed by atoms with E-state index >= 15 is 0 Å². The Labute approximate surface area is 159 Å². The van der Waals surface area contributed by atoms with Gasteiger partial charge in [0.25, 0.3) is 0 Å². The van der Waals surface area contributed by atoms with Crippen molar-refractivity contribution in [3.05, 3.63) is 65.9 Å². The lowest BCUT2D eigenvalue weighted by Crippen LogP contribution is -2.47. The third-order valence-corrected chi connectivity index (χ3v) is 5.01. The van der Waals surface area contributed by atoms with Crippen LogP contribution in [0.15, 0.2) is 54.6 Å². The molecule has 3 aromatic rings. The minimum Gasteiger partial charge on any atom is -0.481 e. The molecule has 136 valence electrons. The summed E-state index contributed by atoms with van der Waals surface area (Å²) in [6, 6.07) is 20.3. The van der Waals surface area contributed by atoms with Crippen LogP contribution in [0.25, 0.3) is 10.8 Å². The third-order valence-electron chi connectivity index (χ3n) is 5.01. The molecule has 0 bridgehead atoms. The summed E-state index contributed by atoms with van der Waals surface area (Å²) in [5, 5.41) is 16.2. The molecule has 0 amide bonds. The molecule has 5 heteroatoms. The van der Waals surface area contributed by atoms with Gasteiger partial charge in [-0.3, -0.25) is 0 Å². The quantitative estimate of drug-likeness (QED) is 0.702. The molecule has 0 atom stereocenters. The average molecular weight is 358 g/mol. The minimum absolute atomic E-state index is 0.639. The first-order valence-electron chi connectivity index (χ1n) is 9.24. The number of rotatable bonds is 4. The van der Waals surface area contributed by atoms with Crippen molar-refractivity contribution in [2.75, 3.05) is 25.2 Å². The molecule has 1 aromatic heterocycles. The molecule has 0 unspecified atom stereocenters. The second-order valence-electron chi connectivity index (χ2n) is 6.68. The topological polar surface area (TPSA) is 52.4 Å². The largest absolute Gasteiger partial charge is 0.481 e. The molecule has 5 nitrogen and oxygen atoms in total. The van der Waals surface area contributed by atoms with Gasteiger partial charge in [0.1, 0.15) is 0 Å². The Hall–Kier alpha value is -3.10. The molecule has 0 radical (unpaired) electrons. The fourth-order valence-electron chi connectivity index (χ4n) is 3.71. The number of nitrogens with zero attached hydrogens (tertiary/aromatic N) is 4. The number of hydrogen-bond acceptors (Lipinski definition) is 5. The second kappa shape index (κ2) is 7.65. The molecule has 0 N–H and O–H groups in total. The van der Waals surface area contributed by atoms with E-state index in [1.807, 2.05) is 42.5 Å². The van der Waals surface area contributed by atoms with Crippen LogP contribution in [0.5, 0.6) is 5.88 Å². The van der Waals surface area contributed by atoms with Crippen molar-refractivity contribution in [1.29, 1.82) is 5.26 Å². The zero-order valence-corrected chi connectivity index (χ0v) is 15.4. The lowest BCUT2D eigenvalue weighted by atomic mass is 10.0. The number of fused-ring (bicyclic) bond motifs is 1. The van der Waals surface area contributed by atoms with E-state index in [2.05, 4.69) is 33.2 Å². The second-order valence-corrected chi connectivity index (χ2v) is 6.68. The molecule has 1 fully saturated rings. The monoisotopic (exact) mass is 358 g/mol. The van der Waals surface area contributed by atoms with Crippen LogP contribution in [0.1, 0.15) is 24.1 Å². The molecule has 2 heterocycles. The van der Waals surface area contributed by atoms with Crippen LogP contribution in [-0.4, -0.2) is 30.2 Å².